The van der Waals surface area contributed by atoms with Gasteiger partial charge >= 0.3 is 0 Å². The van der Waals surface area contributed by atoms with Crippen molar-refractivity contribution in [3.63, 3.8) is 0 Å². The first-order chi connectivity index (χ1) is 9.84. The first-order valence-electron chi connectivity index (χ1n) is 7.36. The lowest BCUT2D eigenvalue weighted by Crippen LogP contribution is -2.48. The van der Waals surface area contributed by atoms with Crippen LogP contribution in [0.25, 0.3) is 0 Å². The molecule has 0 saturated carbocycles. The van der Waals surface area contributed by atoms with Crippen molar-refractivity contribution < 1.29 is 17.7 Å². The first-order valence-corrected chi connectivity index (χ1v) is 8.90. The number of sulfone groups is 1. The van der Waals surface area contributed by atoms with Gasteiger partial charge in [0.1, 0.15) is 4.75 Å². The summed E-state index contributed by atoms with van der Waals surface area (Å²) in [5, 5.41) is 5.82. The fourth-order valence-corrected chi connectivity index (χ4v) is 3.56. The Morgan fingerprint density at radius 2 is 1.86 bits per heavy atom. The zero-order valence-electron chi connectivity index (χ0n) is 14.4. The van der Waals surface area contributed by atoms with Crippen LogP contribution in [0, 0.1) is 0 Å². The number of hydrogen-bond donors (Lipinski definition) is 1. The minimum Gasteiger partial charge on any atom is -0.338 e. The van der Waals surface area contributed by atoms with Crippen molar-refractivity contribution in [3.05, 3.63) is 11.8 Å². The maximum absolute atomic E-state index is 12.5. The van der Waals surface area contributed by atoms with Gasteiger partial charge in [0.15, 0.2) is 9.84 Å². The van der Waals surface area contributed by atoms with E-state index in [4.69, 9.17) is 4.52 Å². The summed E-state index contributed by atoms with van der Waals surface area (Å²) >= 11 is 0. The van der Waals surface area contributed by atoms with E-state index in [9.17, 15) is 13.2 Å². The van der Waals surface area contributed by atoms with Crippen LogP contribution in [0.3, 0.4) is 0 Å². The fraction of sp³-hybridized carbons (Fsp3) is 0.733. The summed E-state index contributed by atoms with van der Waals surface area (Å²) in [6.45, 7) is 12.1. The van der Waals surface area contributed by atoms with Crippen molar-refractivity contribution in [3.8, 4) is 0 Å². The SMILES string of the molecule is CCC(C)S(=O)(=O)C(C)(C)C(=O)Nc1cc(C(C)(C)C)no1. The lowest BCUT2D eigenvalue weighted by molar-refractivity contribution is -0.118. The Labute approximate surface area is 132 Å². The number of carbonyl (C=O) groups excluding carboxylic acids is 1. The predicted octanol–water partition coefficient (Wildman–Crippen LogP) is 2.90. The second-order valence-corrected chi connectivity index (χ2v) is 9.97. The second-order valence-electron chi connectivity index (χ2n) is 7.05. The van der Waals surface area contributed by atoms with Crippen molar-refractivity contribution in [2.24, 2.45) is 0 Å². The third-order valence-corrected chi connectivity index (χ3v) is 6.88. The molecule has 0 aliphatic carbocycles. The Kier molecular flexibility index (Phi) is 5.11. The van der Waals surface area contributed by atoms with Crippen LogP contribution in [0.4, 0.5) is 5.88 Å². The highest BCUT2D eigenvalue weighted by atomic mass is 32.2. The smallest absolute Gasteiger partial charge is 0.247 e. The minimum absolute atomic E-state index is 0.155. The van der Waals surface area contributed by atoms with Crippen LogP contribution in [-0.2, 0) is 20.0 Å². The zero-order chi connectivity index (χ0) is 17.3. The molecule has 7 heteroatoms. The van der Waals surface area contributed by atoms with E-state index in [2.05, 4.69) is 10.5 Å². The molecule has 0 radical (unpaired) electrons. The monoisotopic (exact) mass is 330 g/mol. The average molecular weight is 330 g/mol. The molecular weight excluding hydrogens is 304 g/mol. The van der Waals surface area contributed by atoms with Crippen LogP contribution in [0.15, 0.2) is 10.6 Å². The van der Waals surface area contributed by atoms with Crippen molar-refractivity contribution >= 4 is 21.6 Å². The summed E-state index contributed by atoms with van der Waals surface area (Å²) in [5.74, 6) is -0.466. The molecule has 6 nitrogen and oxygen atoms in total. The van der Waals surface area contributed by atoms with E-state index >= 15 is 0 Å². The van der Waals surface area contributed by atoms with Gasteiger partial charge in [0.05, 0.1) is 10.9 Å². The Bertz CT molecular complexity index is 639. The summed E-state index contributed by atoms with van der Waals surface area (Å²) in [7, 11) is -3.60. The van der Waals surface area contributed by atoms with Crippen LogP contribution in [0.2, 0.25) is 0 Å². The molecule has 1 N–H and O–H groups in total. The summed E-state index contributed by atoms with van der Waals surface area (Å²) < 4.78 is 28.5. The quantitative estimate of drug-likeness (QED) is 0.896. The first kappa shape index (κ1) is 18.7. The molecule has 0 saturated heterocycles. The molecule has 126 valence electrons. The van der Waals surface area contributed by atoms with E-state index in [0.717, 1.165) is 0 Å². The molecule has 0 bridgehead atoms. The molecule has 1 aromatic heterocycles. The van der Waals surface area contributed by atoms with Crippen molar-refractivity contribution in [1.82, 2.24) is 5.16 Å². The Hall–Kier alpha value is -1.37. The third kappa shape index (κ3) is 3.51. The lowest BCUT2D eigenvalue weighted by Gasteiger charge is -2.26. The van der Waals surface area contributed by atoms with Gasteiger partial charge in [0.2, 0.25) is 11.8 Å². The van der Waals surface area contributed by atoms with Gasteiger partial charge in [0.25, 0.3) is 0 Å². The topological polar surface area (TPSA) is 89.3 Å². The molecule has 1 heterocycles. The molecule has 1 atom stereocenters. The molecule has 1 rings (SSSR count). The summed E-state index contributed by atoms with van der Waals surface area (Å²) in [5.41, 5.74) is 0.468. The van der Waals surface area contributed by atoms with E-state index in [1.807, 2.05) is 20.8 Å². The largest absolute Gasteiger partial charge is 0.338 e. The number of rotatable bonds is 5. The van der Waals surface area contributed by atoms with Gasteiger partial charge in [-0.25, -0.2) is 8.42 Å². The molecule has 0 fully saturated rings. The highest BCUT2D eigenvalue weighted by molar-refractivity contribution is 7.94. The molecular formula is C15H26N2O4S. The van der Waals surface area contributed by atoms with E-state index in [1.54, 1.807) is 19.9 Å². The highest BCUT2D eigenvalue weighted by Crippen LogP contribution is 2.27. The van der Waals surface area contributed by atoms with E-state index in [-0.39, 0.29) is 11.3 Å². The van der Waals surface area contributed by atoms with Gasteiger partial charge < -0.3 is 4.52 Å². The van der Waals surface area contributed by atoms with E-state index < -0.39 is 25.7 Å². The van der Waals surface area contributed by atoms with Gasteiger partial charge in [-0.3, -0.25) is 10.1 Å². The number of amides is 1. The molecule has 0 aliphatic rings. The molecule has 0 spiro atoms. The standard InChI is InChI=1S/C15H26N2O4S/c1-8-10(2)22(19,20)15(6,7)13(18)16-12-9-11(17-21-12)14(3,4)5/h9-10H,8H2,1-7H3,(H,16,18). The molecule has 1 amide bonds. The number of aromatic nitrogens is 1. The minimum atomic E-state index is -3.60. The van der Waals surface area contributed by atoms with Gasteiger partial charge in [-0.15, -0.1) is 0 Å². The molecule has 22 heavy (non-hydrogen) atoms. The average Bonchev–Trinajstić information content (AvgIpc) is 2.85. The maximum atomic E-state index is 12.5. The maximum Gasteiger partial charge on any atom is 0.247 e. The van der Waals surface area contributed by atoms with Gasteiger partial charge in [0, 0.05) is 11.5 Å². The summed E-state index contributed by atoms with van der Waals surface area (Å²) in [4.78, 5) is 12.4. The highest BCUT2D eigenvalue weighted by Gasteiger charge is 2.44. The number of hydrogen-bond acceptors (Lipinski definition) is 5. The normalized spacial score (nSPS) is 14.7. The summed E-state index contributed by atoms with van der Waals surface area (Å²) in [6, 6.07) is 1.61. The van der Waals surface area contributed by atoms with Crippen molar-refractivity contribution in [1.29, 1.82) is 0 Å². The lowest BCUT2D eigenvalue weighted by atomic mass is 9.92. The number of carbonyl (C=O) groups is 1. The fourth-order valence-electron chi connectivity index (χ4n) is 1.80. The van der Waals surface area contributed by atoms with Gasteiger partial charge in [-0.05, 0) is 27.2 Å². The van der Waals surface area contributed by atoms with Gasteiger partial charge in [-0.2, -0.15) is 0 Å². The molecule has 0 aliphatic heterocycles. The molecule has 1 unspecified atom stereocenters. The Morgan fingerprint density at radius 3 is 2.27 bits per heavy atom. The Balaban J connectivity index is 3.00. The van der Waals surface area contributed by atoms with Crippen LogP contribution in [0.1, 0.15) is 60.6 Å². The predicted molar refractivity (Wildman–Crippen MR) is 86.6 cm³/mol. The van der Waals surface area contributed by atoms with Crippen molar-refractivity contribution in [2.75, 3.05) is 5.32 Å². The van der Waals surface area contributed by atoms with Crippen LogP contribution >= 0.6 is 0 Å². The number of nitrogens with zero attached hydrogens (tertiary/aromatic N) is 1. The van der Waals surface area contributed by atoms with Crippen LogP contribution < -0.4 is 5.32 Å². The van der Waals surface area contributed by atoms with Crippen LogP contribution in [0.5, 0.6) is 0 Å². The Morgan fingerprint density at radius 1 is 1.32 bits per heavy atom. The van der Waals surface area contributed by atoms with E-state index in [0.29, 0.717) is 12.1 Å². The van der Waals surface area contributed by atoms with Gasteiger partial charge in [-0.1, -0.05) is 32.9 Å². The number of nitrogens with one attached hydrogen (secondary N) is 1. The molecule has 1 aromatic rings. The van der Waals surface area contributed by atoms with Crippen LogP contribution in [-0.4, -0.2) is 29.5 Å². The van der Waals surface area contributed by atoms with E-state index in [1.165, 1.54) is 13.8 Å². The second kappa shape index (κ2) is 6.02. The third-order valence-electron chi connectivity index (χ3n) is 3.88. The summed E-state index contributed by atoms with van der Waals surface area (Å²) in [6.07, 6.45) is 0.454. The number of anilines is 1. The molecule has 0 aromatic carbocycles. The zero-order valence-corrected chi connectivity index (χ0v) is 15.2. The van der Waals surface area contributed by atoms with Crippen molar-refractivity contribution in [2.45, 2.75) is 70.3 Å².